The van der Waals surface area contributed by atoms with E-state index >= 15 is 0 Å². The lowest BCUT2D eigenvalue weighted by Gasteiger charge is -2.44. The Kier molecular flexibility index (Phi) is 6.58. The molecular weight excluding hydrogens is 417 g/mol. The van der Waals surface area contributed by atoms with Crippen LogP contribution in [0.3, 0.4) is 0 Å². The van der Waals surface area contributed by atoms with Gasteiger partial charge in [-0.2, -0.15) is 13.2 Å². The average Bonchev–Trinajstić information content (AvgIpc) is 3.20. The first kappa shape index (κ1) is 22.8. The first-order valence-corrected chi connectivity index (χ1v) is 11.1. The van der Waals surface area contributed by atoms with Gasteiger partial charge in [0.05, 0.1) is 24.3 Å². The maximum Gasteiger partial charge on any atom is 0.416 e. The second-order valence-corrected chi connectivity index (χ2v) is 8.91. The van der Waals surface area contributed by atoms with Crippen LogP contribution in [0.5, 0.6) is 0 Å². The molecule has 0 unspecified atom stereocenters. The van der Waals surface area contributed by atoms with Crippen LogP contribution in [0.4, 0.5) is 13.2 Å². The summed E-state index contributed by atoms with van der Waals surface area (Å²) in [6, 6.07) is 14.2. The van der Waals surface area contributed by atoms with Crippen molar-refractivity contribution in [3.8, 4) is 0 Å². The number of aryl methyl sites for hydroxylation is 1. The Morgan fingerprint density at radius 3 is 2.59 bits per heavy atom. The number of carbonyl (C=O) groups is 1. The highest BCUT2D eigenvalue weighted by atomic mass is 19.4. The molecule has 2 heterocycles. The number of hydrogen-bond donors (Lipinski definition) is 1. The molecule has 2 aromatic carbocycles. The van der Waals surface area contributed by atoms with E-state index in [1.807, 2.05) is 35.2 Å². The van der Waals surface area contributed by atoms with Gasteiger partial charge in [0.15, 0.2) is 0 Å². The Bertz CT molecular complexity index is 938. The van der Waals surface area contributed by atoms with Gasteiger partial charge in [-0.3, -0.25) is 4.79 Å². The molecule has 2 aliphatic rings. The van der Waals surface area contributed by atoms with Gasteiger partial charge in [-0.1, -0.05) is 42.0 Å². The minimum atomic E-state index is -4.38. The summed E-state index contributed by atoms with van der Waals surface area (Å²) < 4.78 is 45.5. The first-order chi connectivity index (χ1) is 15.3. The van der Waals surface area contributed by atoms with Gasteiger partial charge in [0.1, 0.15) is 0 Å². The zero-order valence-corrected chi connectivity index (χ0v) is 18.3. The quantitative estimate of drug-likeness (QED) is 0.693. The third kappa shape index (κ3) is 4.99. The van der Waals surface area contributed by atoms with Crippen LogP contribution >= 0.6 is 0 Å². The van der Waals surface area contributed by atoms with E-state index in [9.17, 15) is 18.0 Å². The number of ether oxygens (including phenoxy) is 1. The minimum absolute atomic E-state index is 0.106. The smallest absolute Gasteiger partial charge is 0.374 e. The van der Waals surface area contributed by atoms with Crippen molar-refractivity contribution >= 4 is 5.91 Å². The number of carbonyl (C=O) groups excluding carboxylic acids is 1. The van der Waals surface area contributed by atoms with Gasteiger partial charge in [-0.15, -0.1) is 0 Å². The molecule has 1 N–H and O–H groups in total. The van der Waals surface area contributed by atoms with Crippen LogP contribution in [0.1, 0.15) is 47.9 Å². The normalized spacial score (nSPS) is 24.2. The fourth-order valence-corrected chi connectivity index (χ4v) is 4.90. The van der Waals surface area contributed by atoms with Crippen molar-refractivity contribution in [2.24, 2.45) is 0 Å². The number of amides is 1. The average molecular weight is 447 g/mol. The van der Waals surface area contributed by atoms with Crippen molar-refractivity contribution in [2.45, 2.75) is 57.0 Å². The van der Waals surface area contributed by atoms with Gasteiger partial charge < -0.3 is 15.0 Å². The van der Waals surface area contributed by atoms with Gasteiger partial charge in [0, 0.05) is 25.6 Å². The number of halogens is 3. The molecule has 0 saturated carbocycles. The fourth-order valence-electron chi connectivity index (χ4n) is 4.90. The molecule has 0 radical (unpaired) electrons. The number of rotatable bonds is 6. The summed E-state index contributed by atoms with van der Waals surface area (Å²) in [5.74, 6) is 0.222. The summed E-state index contributed by atoms with van der Waals surface area (Å²) in [4.78, 5) is 14.1. The first-order valence-electron chi connectivity index (χ1n) is 11.1. The Morgan fingerprint density at radius 2 is 1.97 bits per heavy atom. The van der Waals surface area contributed by atoms with Crippen LogP contribution in [0.25, 0.3) is 0 Å². The predicted molar refractivity (Wildman–Crippen MR) is 116 cm³/mol. The molecule has 4 nitrogen and oxygen atoms in total. The molecule has 0 spiro atoms. The molecular formula is C25H29F3N2O2. The Hall–Kier alpha value is -2.38. The standard InChI is InChI=1S/C25H29F3N2O2/c1-18-12-19(14-21(13-18)25(26,27)28)16-32-17-24(20-6-3-2-4-7-20)10-9-22(15-29-24)30-11-5-8-23(30)31/h2-4,6-7,12-14,22,29H,5,8-11,15-17H2,1H3/t22-,24+/m0/s1. The molecule has 2 saturated heterocycles. The summed E-state index contributed by atoms with van der Waals surface area (Å²) >= 11 is 0. The van der Waals surface area contributed by atoms with Gasteiger partial charge in [-0.05, 0) is 49.4 Å². The molecule has 32 heavy (non-hydrogen) atoms. The largest absolute Gasteiger partial charge is 0.416 e. The van der Waals surface area contributed by atoms with Crippen LogP contribution in [-0.4, -0.2) is 36.5 Å². The Balaban J connectivity index is 1.46. The summed E-state index contributed by atoms with van der Waals surface area (Å²) in [6.45, 7) is 3.59. The molecule has 1 amide bonds. The highest BCUT2D eigenvalue weighted by Gasteiger charge is 2.40. The number of piperidine rings is 1. The summed E-state index contributed by atoms with van der Waals surface area (Å²) in [7, 11) is 0. The SMILES string of the molecule is Cc1cc(COC[C@@]2(c3ccccc3)CC[C@H](N3CCCC3=O)CN2)cc(C(F)(F)F)c1. The van der Waals surface area contributed by atoms with Crippen molar-refractivity contribution in [1.29, 1.82) is 0 Å². The molecule has 7 heteroatoms. The van der Waals surface area contributed by atoms with E-state index < -0.39 is 17.3 Å². The molecule has 2 atom stereocenters. The van der Waals surface area contributed by atoms with E-state index in [0.717, 1.165) is 43.5 Å². The number of hydrogen-bond acceptors (Lipinski definition) is 3. The second kappa shape index (κ2) is 9.24. The predicted octanol–water partition coefficient (Wildman–Crippen LogP) is 4.80. The highest BCUT2D eigenvalue weighted by molar-refractivity contribution is 5.78. The van der Waals surface area contributed by atoms with Gasteiger partial charge >= 0.3 is 6.18 Å². The van der Waals surface area contributed by atoms with Crippen molar-refractivity contribution in [1.82, 2.24) is 10.2 Å². The summed E-state index contributed by atoms with van der Waals surface area (Å²) in [5.41, 5.74) is 1.08. The van der Waals surface area contributed by atoms with Crippen LogP contribution in [0.2, 0.25) is 0 Å². The third-order valence-corrected chi connectivity index (χ3v) is 6.54. The lowest BCUT2D eigenvalue weighted by Crippen LogP contribution is -2.57. The molecule has 4 rings (SSSR count). The van der Waals surface area contributed by atoms with E-state index in [2.05, 4.69) is 5.32 Å². The number of nitrogens with one attached hydrogen (secondary N) is 1. The number of nitrogens with zero attached hydrogens (tertiary/aromatic N) is 1. The molecule has 0 bridgehead atoms. The van der Waals surface area contributed by atoms with Crippen molar-refractivity contribution in [2.75, 3.05) is 19.7 Å². The summed E-state index contributed by atoms with van der Waals surface area (Å²) in [5, 5.41) is 3.63. The topological polar surface area (TPSA) is 41.6 Å². The van der Waals surface area contributed by atoms with Crippen molar-refractivity contribution in [3.63, 3.8) is 0 Å². The molecule has 2 aromatic rings. The van der Waals surface area contributed by atoms with E-state index in [0.29, 0.717) is 30.7 Å². The number of likely N-dealkylation sites (tertiary alicyclic amines) is 1. The van der Waals surface area contributed by atoms with Crippen LogP contribution in [0.15, 0.2) is 48.5 Å². The second-order valence-electron chi connectivity index (χ2n) is 8.91. The van der Waals surface area contributed by atoms with Crippen molar-refractivity contribution in [3.05, 3.63) is 70.8 Å². The summed E-state index contributed by atoms with van der Waals surface area (Å²) in [6.07, 6.45) is -1.19. The Morgan fingerprint density at radius 1 is 1.19 bits per heavy atom. The van der Waals surface area contributed by atoms with E-state index in [1.165, 1.54) is 0 Å². The zero-order chi connectivity index (χ0) is 22.8. The van der Waals surface area contributed by atoms with Crippen LogP contribution in [0, 0.1) is 6.92 Å². The monoisotopic (exact) mass is 446 g/mol. The fraction of sp³-hybridized carbons (Fsp3) is 0.480. The van der Waals surface area contributed by atoms with Crippen LogP contribution < -0.4 is 5.32 Å². The van der Waals surface area contributed by atoms with Gasteiger partial charge in [-0.25, -0.2) is 0 Å². The number of alkyl halides is 3. The van der Waals surface area contributed by atoms with Crippen molar-refractivity contribution < 1.29 is 22.7 Å². The lowest BCUT2D eigenvalue weighted by molar-refractivity contribution is -0.137. The molecule has 0 aliphatic carbocycles. The van der Waals surface area contributed by atoms with Crippen LogP contribution in [-0.2, 0) is 27.9 Å². The maximum atomic E-state index is 13.2. The lowest BCUT2D eigenvalue weighted by atomic mass is 9.81. The molecule has 172 valence electrons. The van der Waals surface area contributed by atoms with E-state index in [1.54, 1.807) is 13.0 Å². The molecule has 2 aliphatic heterocycles. The van der Waals surface area contributed by atoms with Gasteiger partial charge in [0.2, 0.25) is 5.91 Å². The zero-order valence-electron chi connectivity index (χ0n) is 18.3. The van der Waals surface area contributed by atoms with E-state index in [-0.39, 0.29) is 18.6 Å². The van der Waals surface area contributed by atoms with E-state index in [4.69, 9.17) is 4.74 Å². The number of benzene rings is 2. The minimum Gasteiger partial charge on any atom is -0.374 e. The highest BCUT2D eigenvalue weighted by Crippen LogP contribution is 2.34. The maximum absolute atomic E-state index is 13.2. The Labute approximate surface area is 186 Å². The third-order valence-electron chi connectivity index (χ3n) is 6.54. The molecule has 0 aromatic heterocycles. The molecule has 2 fully saturated rings. The van der Waals surface area contributed by atoms with Gasteiger partial charge in [0.25, 0.3) is 0 Å².